The molecule has 0 bridgehead atoms. The molecule has 2 N–H and O–H groups in total. The molecule has 62 valence electrons. The van der Waals surface area contributed by atoms with Crippen molar-refractivity contribution >= 4 is 12.3 Å². The summed E-state index contributed by atoms with van der Waals surface area (Å²) in [5.74, 6) is -0.517. The van der Waals surface area contributed by atoms with E-state index in [1.165, 1.54) is 4.90 Å². The molecule has 1 saturated heterocycles. The van der Waals surface area contributed by atoms with E-state index >= 15 is 0 Å². The largest absolute Gasteiger partial charge is 0.377 e. The highest BCUT2D eigenvalue weighted by Crippen LogP contribution is 2.02. The number of amides is 2. The Kier molecular flexibility index (Phi) is 2.43. The second kappa shape index (κ2) is 3.34. The fraction of sp³-hybridized carbons (Fsp3) is 0.667. The molecule has 1 atom stereocenters. The number of carbonyl (C=O) groups excluding carboxylic acids is 2. The fourth-order valence-electron chi connectivity index (χ4n) is 0.988. The lowest BCUT2D eigenvalue weighted by atomic mass is 10.2. The van der Waals surface area contributed by atoms with Crippen molar-refractivity contribution in [3.05, 3.63) is 0 Å². The van der Waals surface area contributed by atoms with Crippen molar-refractivity contribution in [2.24, 2.45) is 5.73 Å². The molecule has 1 aliphatic heterocycles. The Morgan fingerprint density at radius 2 is 2.45 bits per heavy atom. The molecule has 5 nitrogen and oxygen atoms in total. The first kappa shape index (κ1) is 8.00. The summed E-state index contributed by atoms with van der Waals surface area (Å²) in [7, 11) is 0. The van der Waals surface area contributed by atoms with E-state index < -0.39 is 11.9 Å². The van der Waals surface area contributed by atoms with Gasteiger partial charge in [-0.3, -0.25) is 9.59 Å². The molecule has 1 rings (SSSR count). The first-order valence-electron chi connectivity index (χ1n) is 3.34. The molecule has 0 aromatic heterocycles. The molecule has 1 aliphatic rings. The highest BCUT2D eigenvalue weighted by atomic mass is 16.5. The number of rotatable bonds is 2. The summed E-state index contributed by atoms with van der Waals surface area (Å²) in [5, 5.41) is 0. The Labute approximate surface area is 64.1 Å². The summed E-state index contributed by atoms with van der Waals surface area (Å²) in [6.45, 7) is 1.13. The third-order valence-electron chi connectivity index (χ3n) is 1.63. The van der Waals surface area contributed by atoms with E-state index in [0.29, 0.717) is 19.6 Å². The van der Waals surface area contributed by atoms with Crippen LogP contribution in [0.1, 0.15) is 0 Å². The van der Waals surface area contributed by atoms with Gasteiger partial charge in [-0.25, -0.2) is 0 Å². The lowest BCUT2D eigenvalue weighted by molar-refractivity contribution is -0.138. The number of hydrogen-bond donors (Lipinski definition) is 1. The van der Waals surface area contributed by atoms with Gasteiger partial charge in [0.15, 0.2) is 0 Å². The van der Waals surface area contributed by atoms with Crippen LogP contribution in [0, 0.1) is 0 Å². The van der Waals surface area contributed by atoms with Crippen LogP contribution in [0.25, 0.3) is 0 Å². The average molecular weight is 158 g/mol. The number of carbonyl (C=O) groups is 2. The van der Waals surface area contributed by atoms with Crippen LogP contribution >= 0.6 is 0 Å². The first-order chi connectivity index (χ1) is 5.25. The molecule has 1 fully saturated rings. The maximum Gasteiger partial charge on any atom is 0.242 e. The summed E-state index contributed by atoms with van der Waals surface area (Å²) in [4.78, 5) is 22.4. The molecule has 0 aromatic rings. The van der Waals surface area contributed by atoms with Gasteiger partial charge in [0.1, 0.15) is 6.04 Å². The average Bonchev–Trinajstić information content (AvgIpc) is 2.04. The molecule has 0 aliphatic carbocycles. The number of nitrogens with two attached hydrogens (primary N) is 1. The van der Waals surface area contributed by atoms with E-state index in [9.17, 15) is 9.59 Å². The molecule has 5 heteroatoms. The Bertz CT molecular complexity index is 171. The SMILES string of the molecule is NC(=O)C1COCCN1C=O. The van der Waals surface area contributed by atoms with Gasteiger partial charge in [0.05, 0.1) is 13.2 Å². The molecule has 2 amide bonds. The Balaban J connectivity index is 2.58. The van der Waals surface area contributed by atoms with Gasteiger partial charge in [-0.05, 0) is 0 Å². The summed E-state index contributed by atoms with van der Waals surface area (Å²) in [6, 6.07) is -0.582. The molecular formula is C6H10N2O3. The minimum Gasteiger partial charge on any atom is -0.377 e. The van der Waals surface area contributed by atoms with Crippen molar-refractivity contribution in [2.45, 2.75) is 6.04 Å². The molecule has 0 spiro atoms. The van der Waals surface area contributed by atoms with Crippen LogP contribution in [0.3, 0.4) is 0 Å². The van der Waals surface area contributed by atoms with Crippen molar-refractivity contribution < 1.29 is 14.3 Å². The first-order valence-corrected chi connectivity index (χ1v) is 3.34. The molecule has 1 unspecified atom stereocenters. The standard InChI is InChI=1S/C6H10N2O3/c7-6(10)5-3-11-2-1-8(5)4-9/h4-5H,1-3H2,(H2,7,10). The van der Waals surface area contributed by atoms with Crippen LogP contribution in [0.15, 0.2) is 0 Å². The number of primary amides is 1. The Morgan fingerprint density at radius 1 is 1.73 bits per heavy atom. The number of ether oxygens (including phenoxy) is 1. The Morgan fingerprint density at radius 3 is 2.91 bits per heavy atom. The van der Waals surface area contributed by atoms with Crippen molar-refractivity contribution in [1.82, 2.24) is 4.90 Å². The van der Waals surface area contributed by atoms with Gasteiger partial charge in [0.2, 0.25) is 12.3 Å². The van der Waals surface area contributed by atoms with Gasteiger partial charge in [0.25, 0.3) is 0 Å². The van der Waals surface area contributed by atoms with Gasteiger partial charge in [-0.2, -0.15) is 0 Å². The quantitative estimate of drug-likeness (QED) is 0.488. The molecule has 0 saturated carbocycles. The minimum atomic E-state index is -0.582. The van der Waals surface area contributed by atoms with E-state index in [-0.39, 0.29) is 6.61 Å². The molecule has 11 heavy (non-hydrogen) atoms. The summed E-state index contributed by atoms with van der Waals surface area (Å²) in [6.07, 6.45) is 0.623. The zero-order valence-corrected chi connectivity index (χ0v) is 6.03. The second-order valence-corrected chi connectivity index (χ2v) is 2.34. The van der Waals surface area contributed by atoms with Crippen LogP contribution in [0.4, 0.5) is 0 Å². The topological polar surface area (TPSA) is 72.6 Å². The van der Waals surface area contributed by atoms with Crippen LogP contribution in [0.5, 0.6) is 0 Å². The van der Waals surface area contributed by atoms with Crippen LogP contribution in [-0.4, -0.2) is 43.0 Å². The third kappa shape index (κ3) is 1.68. The van der Waals surface area contributed by atoms with Gasteiger partial charge in [0, 0.05) is 6.54 Å². The highest BCUT2D eigenvalue weighted by molar-refractivity contribution is 5.82. The zero-order valence-electron chi connectivity index (χ0n) is 6.03. The van der Waals surface area contributed by atoms with Gasteiger partial charge in [-0.15, -0.1) is 0 Å². The van der Waals surface area contributed by atoms with E-state index in [1.807, 2.05) is 0 Å². The van der Waals surface area contributed by atoms with Gasteiger partial charge in [-0.1, -0.05) is 0 Å². The molecule has 1 heterocycles. The predicted molar refractivity (Wildman–Crippen MR) is 36.6 cm³/mol. The minimum absolute atomic E-state index is 0.216. The maximum atomic E-state index is 10.7. The maximum absolute atomic E-state index is 10.7. The summed E-state index contributed by atoms with van der Waals surface area (Å²) < 4.78 is 4.97. The van der Waals surface area contributed by atoms with Crippen LogP contribution < -0.4 is 5.73 Å². The Hall–Kier alpha value is -1.10. The number of hydrogen-bond acceptors (Lipinski definition) is 3. The van der Waals surface area contributed by atoms with E-state index in [1.54, 1.807) is 0 Å². The van der Waals surface area contributed by atoms with Gasteiger partial charge >= 0.3 is 0 Å². The summed E-state index contributed by atoms with van der Waals surface area (Å²) >= 11 is 0. The van der Waals surface area contributed by atoms with Crippen LogP contribution in [-0.2, 0) is 14.3 Å². The lowest BCUT2D eigenvalue weighted by Crippen LogP contribution is -2.51. The fourth-order valence-corrected chi connectivity index (χ4v) is 0.988. The lowest BCUT2D eigenvalue weighted by Gasteiger charge is -2.29. The van der Waals surface area contributed by atoms with Crippen molar-refractivity contribution in [3.63, 3.8) is 0 Å². The van der Waals surface area contributed by atoms with Crippen molar-refractivity contribution in [3.8, 4) is 0 Å². The van der Waals surface area contributed by atoms with E-state index in [0.717, 1.165) is 0 Å². The third-order valence-corrected chi connectivity index (χ3v) is 1.63. The second-order valence-electron chi connectivity index (χ2n) is 2.34. The smallest absolute Gasteiger partial charge is 0.242 e. The van der Waals surface area contributed by atoms with Crippen molar-refractivity contribution in [2.75, 3.05) is 19.8 Å². The van der Waals surface area contributed by atoms with Crippen molar-refractivity contribution in [1.29, 1.82) is 0 Å². The van der Waals surface area contributed by atoms with Gasteiger partial charge < -0.3 is 15.4 Å². The van der Waals surface area contributed by atoms with E-state index in [2.05, 4.69) is 0 Å². The van der Waals surface area contributed by atoms with E-state index in [4.69, 9.17) is 10.5 Å². The zero-order chi connectivity index (χ0) is 8.27. The molecule has 0 aromatic carbocycles. The van der Waals surface area contributed by atoms with Crippen LogP contribution in [0.2, 0.25) is 0 Å². The normalized spacial score (nSPS) is 24.7. The number of morpholine rings is 1. The highest BCUT2D eigenvalue weighted by Gasteiger charge is 2.25. The molecule has 0 radical (unpaired) electrons. The number of nitrogens with zero attached hydrogens (tertiary/aromatic N) is 1. The predicted octanol–water partition coefficient (Wildman–Crippen LogP) is -1.67. The monoisotopic (exact) mass is 158 g/mol. The summed E-state index contributed by atoms with van der Waals surface area (Å²) in [5.41, 5.74) is 5.01. The molecular weight excluding hydrogens is 148 g/mol.